The van der Waals surface area contributed by atoms with Crippen molar-refractivity contribution in [3.63, 3.8) is 0 Å². The predicted octanol–water partition coefficient (Wildman–Crippen LogP) is 2.06. The Labute approximate surface area is 118 Å². The van der Waals surface area contributed by atoms with E-state index < -0.39 is 47.3 Å². The summed E-state index contributed by atoms with van der Waals surface area (Å²) < 4.78 is 43.7. The molecule has 0 radical (unpaired) electrons. The minimum atomic E-state index is -4.88. The number of aromatic carboxylic acids is 1. The monoisotopic (exact) mass is 305 g/mol. The van der Waals surface area contributed by atoms with Gasteiger partial charge in [-0.3, -0.25) is 4.79 Å². The van der Waals surface area contributed by atoms with Crippen LogP contribution in [0.25, 0.3) is 0 Å². The van der Waals surface area contributed by atoms with Gasteiger partial charge < -0.3 is 14.9 Å². The molecule has 116 valence electrons. The molecule has 0 aromatic heterocycles. The summed E-state index contributed by atoms with van der Waals surface area (Å²) in [5.41, 5.74) is -1.41. The molecule has 1 N–H and O–H groups in total. The van der Waals surface area contributed by atoms with Gasteiger partial charge in [0.05, 0.1) is 24.5 Å². The fraction of sp³-hybridized carbons (Fsp3) is 0.385. The Morgan fingerprint density at radius 1 is 1.38 bits per heavy atom. The van der Waals surface area contributed by atoms with Crippen molar-refractivity contribution in [3.8, 4) is 5.75 Å². The Bertz CT molecular complexity index is 539. The highest BCUT2D eigenvalue weighted by atomic mass is 19.4. The number of carbonyl (C=O) groups is 2. The second-order valence-electron chi connectivity index (χ2n) is 4.16. The van der Waals surface area contributed by atoms with Gasteiger partial charge in [-0.2, -0.15) is 13.2 Å². The fourth-order valence-electron chi connectivity index (χ4n) is 1.81. The molecule has 0 saturated heterocycles. The maximum absolute atomic E-state index is 13.1. The average Bonchev–Trinajstić information content (AvgIpc) is 2.34. The summed E-state index contributed by atoms with van der Waals surface area (Å²) >= 11 is 0. The number of halogens is 3. The number of carboxylic acid groups (broad SMARTS) is 1. The number of ether oxygens (including phenoxy) is 1. The molecule has 0 amide bonds. The normalized spacial score (nSPS) is 12.8. The van der Waals surface area contributed by atoms with Crippen molar-refractivity contribution in [2.24, 2.45) is 0 Å². The van der Waals surface area contributed by atoms with Gasteiger partial charge in [0, 0.05) is 0 Å². The molecule has 1 aromatic rings. The van der Waals surface area contributed by atoms with Crippen LogP contribution in [-0.2, 0) is 9.53 Å². The predicted molar refractivity (Wildman–Crippen MR) is 62.9 cm³/mol. The molecule has 8 heteroatoms. The molecule has 0 saturated carbocycles. The third-order valence-electron chi connectivity index (χ3n) is 2.70. The third kappa shape index (κ3) is 4.37. The molecule has 1 aromatic carbocycles. The van der Waals surface area contributed by atoms with E-state index in [0.717, 1.165) is 12.1 Å². The molecule has 1 atom stereocenters. The van der Waals surface area contributed by atoms with Gasteiger partial charge in [0.2, 0.25) is 0 Å². The van der Waals surface area contributed by atoms with E-state index in [1.165, 1.54) is 6.92 Å². The van der Waals surface area contributed by atoms with Gasteiger partial charge >= 0.3 is 18.1 Å². The minimum absolute atomic E-state index is 0.100. The molecule has 0 aliphatic heterocycles. The maximum atomic E-state index is 13.1. The Balaban J connectivity index is 3.29. The zero-order valence-corrected chi connectivity index (χ0v) is 10.9. The molecule has 5 nitrogen and oxygen atoms in total. The molecule has 0 fully saturated rings. The summed E-state index contributed by atoms with van der Waals surface area (Å²) in [5.74, 6) is -5.90. The molecule has 0 spiro atoms. The van der Waals surface area contributed by atoms with Crippen LogP contribution < -0.4 is 5.11 Å². The molecule has 0 aliphatic rings. The first-order chi connectivity index (χ1) is 9.66. The number of esters is 1. The van der Waals surface area contributed by atoms with Crippen LogP contribution >= 0.6 is 0 Å². The lowest BCUT2D eigenvalue weighted by molar-refractivity contribution is -0.268. The van der Waals surface area contributed by atoms with Gasteiger partial charge in [-0.1, -0.05) is 12.1 Å². The lowest BCUT2D eigenvalue weighted by atomic mass is 9.90. The average molecular weight is 305 g/mol. The first-order valence-electron chi connectivity index (χ1n) is 5.93. The van der Waals surface area contributed by atoms with Crippen molar-refractivity contribution in [1.82, 2.24) is 0 Å². The summed E-state index contributed by atoms with van der Waals surface area (Å²) in [6.45, 7) is 1.33. The summed E-state index contributed by atoms with van der Waals surface area (Å²) in [5, 5.41) is 20.2. The van der Waals surface area contributed by atoms with E-state index in [2.05, 4.69) is 4.74 Å². The van der Waals surface area contributed by atoms with Crippen LogP contribution in [0.4, 0.5) is 13.2 Å². The van der Waals surface area contributed by atoms with E-state index in [0.29, 0.717) is 6.07 Å². The quantitative estimate of drug-likeness (QED) is 0.841. The number of rotatable bonds is 5. The van der Waals surface area contributed by atoms with Gasteiger partial charge in [0.1, 0.15) is 0 Å². The first kappa shape index (κ1) is 16.8. The summed E-state index contributed by atoms with van der Waals surface area (Å²) in [4.78, 5) is 22.3. The maximum Gasteiger partial charge on any atom is 0.396 e. The zero-order valence-electron chi connectivity index (χ0n) is 10.9. The highest BCUT2D eigenvalue weighted by Crippen LogP contribution is 2.40. The van der Waals surface area contributed by atoms with Crippen molar-refractivity contribution >= 4 is 11.9 Å². The lowest BCUT2D eigenvalue weighted by Crippen LogP contribution is -2.26. The number of hydrogen-bond acceptors (Lipinski definition) is 4. The van der Waals surface area contributed by atoms with E-state index in [4.69, 9.17) is 5.11 Å². The van der Waals surface area contributed by atoms with E-state index in [9.17, 15) is 27.9 Å². The van der Waals surface area contributed by atoms with Crippen LogP contribution in [0.15, 0.2) is 18.2 Å². The summed E-state index contributed by atoms with van der Waals surface area (Å²) in [6.07, 6.45) is -5.97. The van der Waals surface area contributed by atoms with Crippen molar-refractivity contribution < 1.29 is 37.7 Å². The van der Waals surface area contributed by atoms with Gasteiger partial charge in [-0.05, 0) is 18.6 Å². The number of carboxylic acids is 1. The zero-order chi connectivity index (χ0) is 16.2. The Morgan fingerprint density at radius 3 is 2.48 bits per heavy atom. The number of carbonyl (C=O) groups excluding carboxylic acids is 1. The fourth-order valence-corrected chi connectivity index (χ4v) is 1.81. The van der Waals surface area contributed by atoms with Crippen molar-refractivity contribution in [2.75, 3.05) is 6.61 Å². The molecule has 21 heavy (non-hydrogen) atoms. The number of benzene rings is 1. The molecular formula is C13H12F3O5-. The molecular weight excluding hydrogens is 293 g/mol. The summed E-state index contributed by atoms with van der Waals surface area (Å²) in [6, 6.07) is 2.23. The van der Waals surface area contributed by atoms with E-state index in [-0.39, 0.29) is 6.61 Å². The Kier molecular flexibility index (Phi) is 5.17. The van der Waals surface area contributed by atoms with Gasteiger partial charge in [-0.25, -0.2) is 4.79 Å². The third-order valence-corrected chi connectivity index (χ3v) is 2.70. The van der Waals surface area contributed by atoms with Gasteiger partial charge in [0.25, 0.3) is 0 Å². The van der Waals surface area contributed by atoms with Gasteiger partial charge in [-0.15, -0.1) is 5.75 Å². The van der Waals surface area contributed by atoms with E-state index in [1.54, 1.807) is 0 Å². The Hall–Kier alpha value is -2.25. The second kappa shape index (κ2) is 6.47. The molecule has 0 aliphatic carbocycles. The summed E-state index contributed by atoms with van der Waals surface area (Å²) in [7, 11) is 0. The van der Waals surface area contributed by atoms with Crippen LogP contribution in [0.3, 0.4) is 0 Å². The molecule has 1 rings (SSSR count). The van der Waals surface area contributed by atoms with Crippen LogP contribution in [0.5, 0.6) is 5.75 Å². The Morgan fingerprint density at radius 2 is 2.00 bits per heavy atom. The molecule has 0 heterocycles. The largest absolute Gasteiger partial charge is 0.872 e. The number of alkyl halides is 3. The second-order valence-corrected chi connectivity index (χ2v) is 4.16. The lowest BCUT2D eigenvalue weighted by Gasteiger charge is -2.23. The highest BCUT2D eigenvalue weighted by molar-refractivity contribution is 5.90. The van der Waals surface area contributed by atoms with E-state index >= 15 is 0 Å². The minimum Gasteiger partial charge on any atom is -0.872 e. The van der Waals surface area contributed by atoms with Crippen LogP contribution in [0.1, 0.15) is 35.2 Å². The topological polar surface area (TPSA) is 86.7 Å². The smallest absolute Gasteiger partial charge is 0.396 e. The SMILES string of the molecule is CCOC(=O)C[C@H](c1cc([O-])ccc1C(=O)O)C(F)(F)F. The highest BCUT2D eigenvalue weighted by Gasteiger charge is 2.43. The number of hydrogen-bond donors (Lipinski definition) is 1. The van der Waals surface area contributed by atoms with Gasteiger partial charge in [0.15, 0.2) is 0 Å². The van der Waals surface area contributed by atoms with Crippen molar-refractivity contribution in [2.45, 2.75) is 25.4 Å². The standard InChI is InChI=1S/C13H13F3O5/c1-2-21-11(18)6-10(13(14,15)16)9-5-7(17)3-4-8(9)12(19)20/h3-5,10,17H,2,6H2,1H3,(H,19,20)/p-1/t10-/m1/s1. The van der Waals surface area contributed by atoms with E-state index in [1.807, 2.05) is 0 Å². The van der Waals surface area contributed by atoms with Crippen LogP contribution in [-0.4, -0.2) is 29.8 Å². The van der Waals surface area contributed by atoms with Crippen molar-refractivity contribution in [1.29, 1.82) is 0 Å². The molecule has 0 unspecified atom stereocenters. The molecule has 0 bridgehead atoms. The van der Waals surface area contributed by atoms with Crippen LogP contribution in [0, 0.1) is 0 Å². The van der Waals surface area contributed by atoms with Crippen LogP contribution in [0.2, 0.25) is 0 Å². The van der Waals surface area contributed by atoms with Crippen molar-refractivity contribution in [3.05, 3.63) is 29.3 Å². The first-order valence-corrected chi connectivity index (χ1v) is 5.93.